The zero-order chi connectivity index (χ0) is 18.9. The molecule has 0 radical (unpaired) electrons. The number of hydrogen-bond acceptors (Lipinski definition) is 4. The Morgan fingerprint density at radius 2 is 2.04 bits per heavy atom. The molecule has 142 valence electrons. The van der Waals surface area contributed by atoms with Crippen LogP contribution in [0.15, 0.2) is 24.5 Å². The second-order valence-corrected chi connectivity index (χ2v) is 8.88. The summed E-state index contributed by atoms with van der Waals surface area (Å²) in [6, 6.07) is 4.31. The lowest BCUT2D eigenvalue weighted by Gasteiger charge is -2.33. The Bertz CT molecular complexity index is 860. The first-order valence-corrected chi connectivity index (χ1v) is 10.1. The van der Waals surface area contributed by atoms with Crippen LogP contribution in [0.25, 0.3) is 0 Å². The highest BCUT2D eigenvalue weighted by Crippen LogP contribution is 2.29. The third-order valence-electron chi connectivity index (χ3n) is 4.73. The van der Waals surface area contributed by atoms with E-state index in [1.165, 1.54) is 23.5 Å². The second-order valence-electron chi connectivity index (χ2n) is 6.44. The first kappa shape index (κ1) is 19.2. The lowest BCUT2D eigenvalue weighted by atomic mass is 9.97. The van der Waals surface area contributed by atoms with Gasteiger partial charge in [0.15, 0.2) is 0 Å². The minimum absolute atomic E-state index is 0.114. The molecule has 2 aromatic rings. The van der Waals surface area contributed by atoms with Gasteiger partial charge in [0.25, 0.3) is 10.2 Å². The molecule has 1 aliphatic rings. The predicted octanol–water partition coefficient (Wildman–Crippen LogP) is 2.16. The molecule has 26 heavy (non-hydrogen) atoms. The first-order valence-electron chi connectivity index (χ1n) is 8.29. The van der Waals surface area contributed by atoms with Crippen LogP contribution in [0, 0.1) is 5.82 Å². The predicted molar refractivity (Wildman–Crippen MR) is 96.3 cm³/mol. The van der Waals surface area contributed by atoms with Crippen molar-refractivity contribution in [2.75, 3.05) is 20.1 Å². The minimum atomic E-state index is -3.70. The third-order valence-corrected chi connectivity index (χ3v) is 7.02. The van der Waals surface area contributed by atoms with E-state index < -0.39 is 16.0 Å². The van der Waals surface area contributed by atoms with Crippen molar-refractivity contribution in [1.29, 1.82) is 0 Å². The summed E-state index contributed by atoms with van der Waals surface area (Å²) in [4.78, 5) is 0. The smallest absolute Gasteiger partial charge is 0.282 e. The van der Waals surface area contributed by atoms with E-state index >= 15 is 0 Å². The van der Waals surface area contributed by atoms with Gasteiger partial charge in [0.05, 0.1) is 0 Å². The fraction of sp³-hybridized carbons (Fsp3) is 0.500. The lowest BCUT2D eigenvalue weighted by Crippen LogP contribution is -2.45. The largest absolute Gasteiger partial charge is 0.320 e. The van der Waals surface area contributed by atoms with Gasteiger partial charge in [-0.3, -0.25) is 0 Å². The number of benzene rings is 1. The summed E-state index contributed by atoms with van der Waals surface area (Å²) < 4.78 is 44.0. The standard InChI is InChI=1S/C16H21ClFN5O2S/c1-21-11-19-20-16(21)12-6-8-23(9-7-12)26(24,25)22(2)10-13-14(17)4-3-5-15(13)18/h3-5,11-12H,6-10H2,1-2H3. The molecule has 0 unspecified atom stereocenters. The molecule has 0 N–H and O–H groups in total. The van der Waals surface area contributed by atoms with E-state index in [1.54, 1.807) is 12.4 Å². The van der Waals surface area contributed by atoms with E-state index in [-0.39, 0.29) is 23.0 Å². The fourth-order valence-electron chi connectivity index (χ4n) is 3.19. The topological polar surface area (TPSA) is 71.3 Å². The Morgan fingerprint density at radius 3 is 2.62 bits per heavy atom. The molecule has 1 aromatic carbocycles. The Labute approximate surface area is 157 Å². The van der Waals surface area contributed by atoms with Crippen molar-refractivity contribution in [1.82, 2.24) is 23.4 Å². The molecule has 0 spiro atoms. The van der Waals surface area contributed by atoms with Gasteiger partial charge in [-0.15, -0.1) is 10.2 Å². The quantitative estimate of drug-likeness (QED) is 0.769. The van der Waals surface area contributed by atoms with Gasteiger partial charge in [-0.25, -0.2) is 4.39 Å². The van der Waals surface area contributed by atoms with E-state index in [0.29, 0.717) is 25.9 Å². The van der Waals surface area contributed by atoms with Crippen molar-refractivity contribution < 1.29 is 12.8 Å². The van der Waals surface area contributed by atoms with Gasteiger partial charge in [0, 0.05) is 50.2 Å². The van der Waals surface area contributed by atoms with E-state index in [1.807, 2.05) is 11.6 Å². The third kappa shape index (κ3) is 3.75. The van der Waals surface area contributed by atoms with E-state index in [4.69, 9.17) is 11.6 Å². The van der Waals surface area contributed by atoms with Crippen LogP contribution in [0.1, 0.15) is 30.1 Å². The van der Waals surface area contributed by atoms with Crippen LogP contribution in [-0.4, -0.2) is 51.9 Å². The van der Waals surface area contributed by atoms with Crippen LogP contribution in [0.4, 0.5) is 4.39 Å². The zero-order valence-electron chi connectivity index (χ0n) is 14.6. The maximum absolute atomic E-state index is 14.0. The summed E-state index contributed by atoms with van der Waals surface area (Å²) in [5.41, 5.74) is 0.175. The molecule has 0 atom stereocenters. The molecule has 0 aliphatic carbocycles. The summed E-state index contributed by atoms with van der Waals surface area (Å²) in [6.45, 7) is 0.654. The van der Waals surface area contributed by atoms with E-state index in [9.17, 15) is 12.8 Å². The summed E-state index contributed by atoms with van der Waals surface area (Å²) in [6.07, 6.45) is 2.98. The number of aromatic nitrogens is 3. The molecule has 3 rings (SSSR count). The summed E-state index contributed by atoms with van der Waals surface area (Å²) in [5.74, 6) is 0.536. The highest BCUT2D eigenvalue weighted by Gasteiger charge is 2.33. The van der Waals surface area contributed by atoms with Crippen molar-refractivity contribution in [2.45, 2.75) is 25.3 Å². The molecule has 0 saturated carbocycles. The van der Waals surface area contributed by atoms with Gasteiger partial charge >= 0.3 is 0 Å². The molecule has 10 heteroatoms. The zero-order valence-corrected chi connectivity index (χ0v) is 16.2. The average molecular weight is 402 g/mol. The molecule has 0 bridgehead atoms. The van der Waals surface area contributed by atoms with Gasteiger partial charge < -0.3 is 4.57 Å². The van der Waals surface area contributed by atoms with Crippen LogP contribution in [0.3, 0.4) is 0 Å². The van der Waals surface area contributed by atoms with Gasteiger partial charge in [-0.05, 0) is 25.0 Å². The van der Waals surface area contributed by atoms with Crippen molar-refractivity contribution in [3.63, 3.8) is 0 Å². The maximum Gasteiger partial charge on any atom is 0.282 e. The molecular formula is C16H21ClFN5O2S. The Morgan fingerprint density at radius 1 is 1.35 bits per heavy atom. The highest BCUT2D eigenvalue weighted by atomic mass is 35.5. The van der Waals surface area contributed by atoms with Gasteiger partial charge in [0.1, 0.15) is 18.0 Å². The van der Waals surface area contributed by atoms with Crippen molar-refractivity contribution >= 4 is 21.8 Å². The van der Waals surface area contributed by atoms with Crippen LogP contribution in [0.2, 0.25) is 5.02 Å². The van der Waals surface area contributed by atoms with Crippen LogP contribution in [0.5, 0.6) is 0 Å². The van der Waals surface area contributed by atoms with Gasteiger partial charge in [0.2, 0.25) is 0 Å². The van der Waals surface area contributed by atoms with Crippen molar-refractivity contribution in [2.24, 2.45) is 7.05 Å². The van der Waals surface area contributed by atoms with Gasteiger partial charge in [-0.2, -0.15) is 17.0 Å². The molecule has 1 aromatic heterocycles. The molecule has 1 aliphatic heterocycles. The number of aryl methyl sites for hydroxylation is 1. The summed E-state index contributed by atoms with van der Waals surface area (Å²) >= 11 is 6.01. The number of rotatable bonds is 5. The molecule has 2 heterocycles. The molecule has 1 saturated heterocycles. The number of nitrogens with zero attached hydrogens (tertiary/aromatic N) is 5. The van der Waals surface area contributed by atoms with Crippen molar-refractivity contribution in [3.05, 3.63) is 46.8 Å². The number of hydrogen-bond donors (Lipinski definition) is 0. The van der Waals surface area contributed by atoms with E-state index in [0.717, 1.165) is 10.1 Å². The monoisotopic (exact) mass is 401 g/mol. The normalized spacial score (nSPS) is 17.1. The average Bonchev–Trinajstić information content (AvgIpc) is 3.04. The van der Waals surface area contributed by atoms with Gasteiger partial charge in [-0.1, -0.05) is 17.7 Å². The maximum atomic E-state index is 14.0. The van der Waals surface area contributed by atoms with Crippen LogP contribution < -0.4 is 0 Å². The molecule has 0 amide bonds. The number of piperidine rings is 1. The van der Waals surface area contributed by atoms with E-state index in [2.05, 4.69) is 10.2 Å². The lowest BCUT2D eigenvalue weighted by molar-refractivity contribution is 0.287. The molecule has 7 nitrogen and oxygen atoms in total. The minimum Gasteiger partial charge on any atom is -0.320 e. The Kier molecular flexibility index (Phi) is 5.61. The summed E-state index contributed by atoms with van der Waals surface area (Å²) in [7, 11) is -0.381. The van der Waals surface area contributed by atoms with Crippen LogP contribution in [-0.2, 0) is 23.8 Å². The first-order chi connectivity index (χ1) is 12.3. The molecular weight excluding hydrogens is 381 g/mol. The summed E-state index contributed by atoms with van der Waals surface area (Å²) in [5, 5.41) is 8.21. The SMILES string of the molecule is CN(Cc1c(F)cccc1Cl)S(=O)(=O)N1CCC(c2nncn2C)CC1. The second kappa shape index (κ2) is 7.59. The highest BCUT2D eigenvalue weighted by molar-refractivity contribution is 7.86. The Hall–Kier alpha value is -1.55. The fourth-order valence-corrected chi connectivity index (χ4v) is 4.77. The van der Waals surface area contributed by atoms with Crippen LogP contribution >= 0.6 is 11.6 Å². The van der Waals surface area contributed by atoms with Crippen molar-refractivity contribution in [3.8, 4) is 0 Å². The number of halogens is 2. The Balaban J connectivity index is 1.68. The molecule has 1 fully saturated rings.